The van der Waals surface area contributed by atoms with Gasteiger partial charge >= 0.3 is 0 Å². The fourth-order valence-electron chi connectivity index (χ4n) is 12.8. The van der Waals surface area contributed by atoms with Gasteiger partial charge in [0.2, 0.25) is 23.6 Å². The average Bonchev–Trinajstić information content (AvgIpc) is 4.19. The van der Waals surface area contributed by atoms with Gasteiger partial charge in [-0.1, -0.05) is 66.7 Å². The number of nitrogens with zero attached hydrogens (tertiary/aromatic N) is 6. The Morgan fingerprint density at radius 1 is 0.581 bits per heavy atom. The van der Waals surface area contributed by atoms with E-state index in [0.717, 1.165) is 0 Å². The lowest BCUT2D eigenvalue weighted by Crippen LogP contribution is -2.49. The number of fused-ring (bicyclic) bond motifs is 12. The summed E-state index contributed by atoms with van der Waals surface area (Å²) in [5.41, 5.74) is -1.65. The molecule has 6 heterocycles. The first-order chi connectivity index (χ1) is 35.7. The number of ether oxygens (including phenoxy) is 4. The molecule has 2 N–H and O–H groups in total. The second-order valence-corrected chi connectivity index (χ2v) is 20.1. The minimum absolute atomic E-state index is 0.210. The van der Waals surface area contributed by atoms with Crippen molar-refractivity contribution in [2.75, 3.05) is 23.0 Å². The van der Waals surface area contributed by atoms with Gasteiger partial charge < -0.3 is 29.2 Å². The summed E-state index contributed by atoms with van der Waals surface area (Å²) < 4.78 is 24.5. The summed E-state index contributed by atoms with van der Waals surface area (Å²) >= 11 is 0. The number of amides is 4. The predicted molar refractivity (Wildman–Crippen MR) is 268 cm³/mol. The van der Waals surface area contributed by atoms with E-state index in [1.807, 2.05) is 18.2 Å². The van der Waals surface area contributed by atoms with Crippen LogP contribution in [-0.4, -0.2) is 81.7 Å². The third-order valence-corrected chi connectivity index (χ3v) is 16.3. The molecule has 6 aliphatic heterocycles. The van der Waals surface area contributed by atoms with E-state index in [0.29, 0.717) is 79.8 Å². The molecule has 368 valence electrons. The highest BCUT2D eigenvalue weighted by atomic mass is 16.6. The fraction of sp³-hybridized carbons (Fsp3) is 0.310. The highest BCUT2D eigenvalue weighted by Gasteiger charge is 2.78. The summed E-state index contributed by atoms with van der Waals surface area (Å²) in [5.74, 6) is -3.50. The Labute approximate surface area is 425 Å². The van der Waals surface area contributed by atoms with E-state index in [4.69, 9.17) is 37.4 Å². The largest absolute Gasteiger partial charge is 0.494 e. The van der Waals surface area contributed by atoms with Gasteiger partial charge in [-0.15, -0.1) is 0 Å². The van der Waals surface area contributed by atoms with Crippen LogP contribution in [0.2, 0.25) is 0 Å². The molecule has 0 aromatic heterocycles. The van der Waals surface area contributed by atoms with Crippen molar-refractivity contribution in [3.63, 3.8) is 0 Å². The number of carbonyl (C=O) groups excluding carboxylic acids is 4. The number of anilines is 2. The lowest BCUT2D eigenvalue weighted by atomic mass is 9.66. The van der Waals surface area contributed by atoms with Crippen LogP contribution in [0.15, 0.2) is 121 Å². The van der Waals surface area contributed by atoms with E-state index in [2.05, 4.69) is 21.8 Å². The van der Waals surface area contributed by atoms with Crippen molar-refractivity contribution >= 4 is 67.9 Å². The van der Waals surface area contributed by atoms with Crippen molar-refractivity contribution in [3.8, 4) is 23.6 Å². The summed E-state index contributed by atoms with van der Waals surface area (Å²) in [4.78, 5) is 65.0. The van der Waals surface area contributed by atoms with Crippen LogP contribution in [0.25, 0.3) is 31.2 Å². The fourth-order valence-corrected chi connectivity index (χ4v) is 12.8. The number of hydrogen-bond donors (Lipinski definition) is 2. The maximum Gasteiger partial charge on any atom is 0.240 e. The van der Waals surface area contributed by atoms with Gasteiger partial charge in [0.1, 0.15) is 22.7 Å². The maximum atomic E-state index is 14.0. The summed E-state index contributed by atoms with van der Waals surface area (Å²) in [5, 5.41) is 43.0. The average molecular weight is 987 g/mol. The highest BCUT2D eigenvalue weighted by molar-refractivity contribution is 6.27. The van der Waals surface area contributed by atoms with Crippen LogP contribution in [0, 0.1) is 59.5 Å². The van der Waals surface area contributed by atoms with E-state index in [1.54, 1.807) is 117 Å². The van der Waals surface area contributed by atoms with Gasteiger partial charge in [0, 0.05) is 36.5 Å². The molecule has 4 bridgehead atoms. The van der Waals surface area contributed by atoms with E-state index < -0.39 is 70.1 Å². The highest BCUT2D eigenvalue weighted by Crippen LogP contribution is 2.64. The number of carbonyl (C=O) groups is 4. The molecule has 6 aliphatic rings. The van der Waals surface area contributed by atoms with Crippen molar-refractivity contribution in [2.45, 2.75) is 74.1 Å². The van der Waals surface area contributed by atoms with Crippen molar-refractivity contribution in [3.05, 3.63) is 155 Å². The van der Waals surface area contributed by atoms with Crippen molar-refractivity contribution in [2.24, 2.45) is 23.7 Å². The molecule has 6 fully saturated rings. The second kappa shape index (κ2) is 17.6. The standard InChI is InChI=1S/2C29H23N3O5/c1-28-23(33)15-29(37-28,13-14-36-19-10-8-18(31-2)9-11-19)25-24(28)26(34)32(27(25)35)22-12-7-17(16-30)20-5-3-4-6-21(20)22;1-28-23(33)15-29(37-28,13-14-36-18-9-7-17(16-30)8-10-18)25-24(28)26(34)32(27(25)35)22-12-11-21(31-2)19-5-3-4-6-20(19)22/h2*3-12,23-25,33H,13-15H2,1H3/t2*23-,24-,25+,28?,29?/m01/s1. The molecule has 6 saturated heterocycles. The number of imide groups is 2. The first-order valence-corrected chi connectivity index (χ1v) is 24.2. The van der Waals surface area contributed by atoms with Crippen LogP contribution < -0.4 is 19.3 Å². The molecule has 0 aliphatic carbocycles. The van der Waals surface area contributed by atoms with Crippen LogP contribution in [0.5, 0.6) is 11.5 Å². The third kappa shape index (κ3) is 7.06. The van der Waals surface area contributed by atoms with Gasteiger partial charge in [0.15, 0.2) is 11.4 Å². The zero-order valence-corrected chi connectivity index (χ0v) is 40.1. The summed E-state index contributed by atoms with van der Waals surface area (Å²) in [6.45, 7) is 18.4. The van der Waals surface area contributed by atoms with Gasteiger partial charge in [-0.05, 0) is 79.2 Å². The normalized spacial score (nSPS) is 29.8. The number of aliphatic hydroxyl groups is 2. The van der Waals surface area contributed by atoms with Gasteiger partial charge in [0.25, 0.3) is 0 Å². The van der Waals surface area contributed by atoms with E-state index in [1.165, 1.54) is 9.80 Å². The maximum absolute atomic E-state index is 14.0. The number of hydrogen-bond acceptors (Lipinski definition) is 12. The van der Waals surface area contributed by atoms with Gasteiger partial charge in [-0.25, -0.2) is 19.5 Å². The quantitative estimate of drug-likeness (QED) is 0.0982. The molecule has 6 aromatic carbocycles. The molecule has 4 amide bonds. The number of aliphatic hydroxyl groups excluding tert-OH is 2. The predicted octanol–water partition coefficient (Wildman–Crippen LogP) is 8.26. The molecule has 0 saturated carbocycles. The van der Waals surface area contributed by atoms with Gasteiger partial charge in [-0.2, -0.15) is 10.5 Å². The Hall–Kier alpha value is -8.48. The second-order valence-electron chi connectivity index (χ2n) is 20.1. The van der Waals surface area contributed by atoms with Crippen molar-refractivity contribution in [1.82, 2.24) is 0 Å². The Kier molecular flexibility index (Phi) is 11.4. The lowest BCUT2D eigenvalue weighted by Gasteiger charge is -2.33. The molecule has 74 heavy (non-hydrogen) atoms. The van der Waals surface area contributed by atoms with E-state index in [-0.39, 0.29) is 37.9 Å². The van der Waals surface area contributed by atoms with Crippen LogP contribution in [0.3, 0.4) is 0 Å². The molecule has 16 heteroatoms. The topological polar surface area (TPSA) is 208 Å². The zero-order valence-electron chi connectivity index (χ0n) is 40.1. The van der Waals surface area contributed by atoms with Crippen LogP contribution in [0.1, 0.15) is 50.7 Å². The van der Waals surface area contributed by atoms with E-state index in [9.17, 15) is 34.7 Å². The molecular formula is C58H46N6O10. The number of benzene rings is 6. The Bertz CT molecular complexity index is 3310. The van der Waals surface area contributed by atoms with Gasteiger partial charge in [0.05, 0.1) is 108 Å². The molecule has 10 atom stereocenters. The third-order valence-electron chi connectivity index (χ3n) is 16.3. The number of nitriles is 2. The summed E-state index contributed by atoms with van der Waals surface area (Å²) in [6, 6.07) is 38.7. The van der Waals surface area contributed by atoms with E-state index >= 15 is 0 Å². The van der Waals surface area contributed by atoms with Crippen LogP contribution in [0.4, 0.5) is 22.7 Å². The molecule has 0 radical (unpaired) electrons. The summed E-state index contributed by atoms with van der Waals surface area (Å²) in [7, 11) is 0. The monoisotopic (exact) mass is 986 g/mol. The van der Waals surface area contributed by atoms with Gasteiger partial charge in [-0.3, -0.25) is 19.2 Å². The smallest absolute Gasteiger partial charge is 0.240 e. The minimum Gasteiger partial charge on any atom is -0.494 e. The van der Waals surface area contributed by atoms with Crippen molar-refractivity contribution < 1.29 is 48.3 Å². The molecular weight excluding hydrogens is 941 g/mol. The Morgan fingerprint density at radius 3 is 1.50 bits per heavy atom. The molecule has 16 nitrogen and oxygen atoms in total. The Morgan fingerprint density at radius 2 is 1.03 bits per heavy atom. The van der Waals surface area contributed by atoms with Crippen LogP contribution >= 0.6 is 0 Å². The zero-order chi connectivity index (χ0) is 51.9. The lowest BCUT2D eigenvalue weighted by molar-refractivity contribution is -0.135. The van der Waals surface area contributed by atoms with Crippen molar-refractivity contribution in [1.29, 1.82) is 10.5 Å². The molecule has 4 unspecified atom stereocenters. The Balaban J connectivity index is 0.000000159. The van der Waals surface area contributed by atoms with Crippen LogP contribution in [-0.2, 0) is 28.7 Å². The first-order valence-electron chi connectivity index (χ1n) is 24.2. The number of rotatable bonds is 10. The summed E-state index contributed by atoms with van der Waals surface area (Å²) in [6.07, 6.45) is -0.725. The molecule has 12 rings (SSSR count). The SMILES string of the molecule is [C-]#[N+]c1ccc(N2C(=O)[C@@H]3[C@H](C2=O)C2(C)OC3(CCOc3ccc(C#N)cc3)C[C@H]2O)c2ccccc12.[C-]#[N+]c1ccc(OCCC23C[C@H](O)C(C)(O2)[C@@H]2C(=O)N(c4ccc(C#N)c5ccccc45)C(=O)[C@@H]23)cc1. The molecule has 6 aromatic rings. The molecule has 0 spiro atoms. The minimum atomic E-state index is -1.19. The first kappa shape index (κ1) is 47.8.